The number of aliphatic carboxylic acids is 1. The van der Waals surface area contributed by atoms with E-state index in [1.807, 2.05) is 0 Å². The zero-order chi connectivity index (χ0) is 39.7. The lowest BCUT2D eigenvalue weighted by atomic mass is 9.70. The maximum absolute atomic E-state index is 12.8. The Balaban J connectivity index is 0. The van der Waals surface area contributed by atoms with E-state index in [1.165, 1.54) is 14.2 Å². The van der Waals surface area contributed by atoms with E-state index >= 15 is 0 Å². The fourth-order valence-electron chi connectivity index (χ4n) is 4.92. The van der Waals surface area contributed by atoms with E-state index in [1.54, 1.807) is 41.5 Å². The van der Waals surface area contributed by atoms with Gasteiger partial charge in [-0.25, -0.2) is 9.59 Å². The number of hydrogen-bond donors (Lipinski definition) is 2. The first-order chi connectivity index (χ1) is 23.7. The van der Waals surface area contributed by atoms with Crippen LogP contribution in [0.15, 0.2) is 12.2 Å². The second kappa shape index (κ2) is 26.3. The van der Waals surface area contributed by atoms with E-state index in [4.69, 9.17) is 38.6 Å². The molecule has 0 amide bonds. The van der Waals surface area contributed by atoms with Gasteiger partial charge in [-0.15, -0.1) is 0 Å². The summed E-state index contributed by atoms with van der Waals surface area (Å²) in [4.78, 5) is 81.4. The average Bonchev–Trinajstić information content (AvgIpc) is 3.05. The second-order valence-electron chi connectivity index (χ2n) is 12.9. The fraction of sp³-hybridized carbons (Fsp3) is 0.743. The summed E-state index contributed by atoms with van der Waals surface area (Å²) in [6.45, 7) is 10.4. The van der Waals surface area contributed by atoms with Crippen LogP contribution in [0, 0.1) is 10.8 Å². The fourth-order valence-corrected chi connectivity index (χ4v) is 5.70. The molecule has 16 heteroatoms. The number of methoxy groups -OCH3 is 2. The van der Waals surface area contributed by atoms with Gasteiger partial charge in [-0.2, -0.15) is 0 Å². The van der Waals surface area contributed by atoms with Crippen LogP contribution in [0.4, 0.5) is 0 Å². The lowest BCUT2D eigenvalue weighted by Gasteiger charge is -2.37. The van der Waals surface area contributed by atoms with Gasteiger partial charge in [0.05, 0.1) is 38.3 Å². The normalized spacial score (nSPS) is 14.0. The molecule has 2 N–H and O–H groups in total. The van der Waals surface area contributed by atoms with Crippen molar-refractivity contribution in [2.45, 2.75) is 116 Å². The molecule has 0 spiro atoms. The highest BCUT2D eigenvalue weighted by Crippen LogP contribution is 2.44. The molecular formula is C35H57BrO15. The van der Waals surface area contributed by atoms with Gasteiger partial charge in [0.15, 0.2) is 0 Å². The number of carbonyl (C=O) groups excluding carboxylic acids is 6. The van der Waals surface area contributed by atoms with Crippen molar-refractivity contribution >= 4 is 57.7 Å². The zero-order valence-corrected chi connectivity index (χ0v) is 32.8. The van der Waals surface area contributed by atoms with Crippen LogP contribution in [0.3, 0.4) is 0 Å². The van der Waals surface area contributed by atoms with Crippen LogP contribution in [0.25, 0.3) is 0 Å². The van der Waals surface area contributed by atoms with Crippen LogP contribution in [-0.2, 0) is 62.0 Å². The monoisotopic (exact) mass is 796 g/mol. The SMILES string of the molecule is CCOC(=O)CCCCCOC(=O)/C=C/C(=O)O.COC(=O)C(C)(Br)CC(C)(CC(C)(C)C(=O)OCC(C)OC(=O)CCCCCO)C(=O)OC. The molecule has 0 aliphatic rings. The van der Waals surface area contributed by atoms with E-state index in [9.17, 15) is 33.6 Å². The highest BCUT2D eigenvalue weighted by atomic mass is 79.9. The second-order valence-corrected chi connectivity index (χ2v) is 14.6. The van der Waals surface area contributed by atoms with Gasteiger partial charge in [0, 0.05) is 31.6 Å². The number of carbonyl (C=O) groups is 7. The molecule has 0 aliphatic heterocycles. The molecule has 0 rings (SSSR count). The molecule has 0 bridgehead atoms. The van der Waals surface area contributed by atoms with Crippen molar-refractivity contribution in [2.24, 2.45) is 10.8 Å². The number of alkyl halides is 1. The maximum Gasteiger partial charge on any atom is 0.331 e. The van der Waals surface area contributed by atoms with Gasteiger partial charge in [-0.05, 0) is 86.5 Å². The number of esters is 6. The molecule has 0 heterocycles. The topological polar surface area (TPSA) is 215 Å². The lowest BCUT2D eigenvalue weighted by Crippen LogP contribution is -2.44. The Morgan fingerprint density at radius 3 is 1.82 bits per heavy atom. The van der Waals surface area contributed by atoms with Crippen molar-refractivity contribution < 1.29 is 72.2 Å². The molecule has 0 aromatic heterocycles. The van der Waals surface area contributed by atoms with Gasteiger partial charge < -0.3 is 38.6 Å². The van der Waals surface area contributed by atoms with Crippen LogP contribution in [0.5, 0.6) is 0 Å². The predicted octanol–water partition coefficient (Wildman–Crippen LogP) is 4.62. The van der Waals surface area contributed by atoms with Crippen LogP contribution in [0.2, 0.25) is 0 Å². The Bertz CT molecular complexity index is 1150. The van der Waals surface area contributed by atoms with Gasteiger partial charge in [-0.1, -0.05) is 22.4 Å². The molecule has 3 atom stereocenters. The lowest BCUT2D eigenvalue weighted by molar-refractivity contribution is -0.168. The smallest absolute Gasteiger partial charge is 0.331 e. The highest BCUT2D eigenvalue weighted by Gasteiger charge is 2.49. The molecular weight excluding hydrogens is 740 g/mol. The third-order valence-electron chi connectivity index (χ3n) is 7.15. The maximum atomic E-state index is 12.8. The van der Waals surface area contributed by atoms with Crippen LogP contribution < -0.4 is 0 Å². The Kier molecular flexibility index (Phi) is 25.5. The molecule has 3 unspecified atom stereocenters. The van der Waals surface area contributed by atoms with E-state index < -0.39 is 57.1 Å². The molecule has 0 saturated heterocycles. The van der Waals surface area contributed by atoms with Gasteiger partial charge >= 0.3 is 41.8 Å². The summed E-state index contributed by atoms with van der Waals surface area (Å²) in [6, 6.07) is 0. The van der Waals surface area contributed by atoms with Gasteiger partial charge in [0.1, 0.15) is 17.0 Å². The highest BCUT2D eigenvalue weighted by molar-refractivity contribution is 9.10. The Labute approximate surface area is 309 Å². The summed E-state index contributed by atoms with van der Waals surface area (Å²) < 4.78 is 28.7. The summed E-state index contributed by atoms with van der Waals surface area (Å²) in [6.07, 6.45) is 5.65. The number of aliphatic hydroxyl groups is 1. The van der Waals surface area contributed by atoms with Gasteiger partial charge in [-0.3, -0.25) is 24.0 Å². The quantitative estimate of drug-likeness (QED) is 0.0448. The Morgan fingerprint density at radius 2 is 1.29 bits per heavy atom. The molecule has 0 aromatic carbocycles. The largest absolute Gasteiger partial charge is 0.478 e. The molecule has 0 aromatic rings. The van der Waals surface area contributed by atoms with Crippen molar-refractivity contribution in [1.29, 1.82) is 0 Å². The number of unbranched alkanes of at least 4 members (excludes halogenated alkanes) is 4. The first-order valence-corrected chi connectivity index (χ1v) is 17.6. The Morgan fingerprint density at radius 1 is 0.725 bits per heavy atom. The van der Waals surface area contributed by atoms with Crippen molar-refractivity contribution in [1.82, 2.24) is 0 Å². The van der Waals surface area contributed by atoms with Crippen LogP contribution in [-0.4, -0.2) is 103 Å². The van der Waals surface area contributed by atoms with Crippen molar-refractivity contribution in [3.05, 3.63) is 12.2 Å². The molecule has 0 radical (unpaired) electrons. The van der Waals surface area contributed by atoms with Gasteiger partial charge in [0.2, 0.25) is 0 Å². The summed E-state index contributed by atoms with van der Waals surface area (Å²) >= 11 is 3.33. The predicted molar refractivity (Wildman–Crippen MR) is 187 cm³/mol. The summed E-state index contributed by atoms with van der Waals surface area (Å²) in [5.74, 6) is -4.18. The zero-order valence-electron chi connectivity index (χ0n) is 31.2. The first kappa shape index (κ1) is 49.6. The molecule has 0 fully saturated rings. The summed E-state index contributed by atoms with van der Waals surface area (Å²) in [5.41, 5.74) is -2.30. The third kappa shape index (κ3) is 23.5. The van der Waals surface area contributed by atoms with Crippen LogP contribution in [0.1, 0.15) is 106 Å². The number of carboxylic acids is 1. The number of carboxylic acid groups (broad SMARTS) is 1. The minimum absolute atomic E-state index is 0.0281. The molecule has 15 nitrogen and oxygen atoms in total. The van der Waals surface area contributed by atoms with Crippen molar-refractivity contribution in [3.8, 4) is 0 Å². The molecule has 0 aliphatic carbocycles. The Hall–Kier alpha value is -3.53. The van der Waals surface area contributed by atoms with Crippen LogP contribution >= 0.6 is 15.9 Å². The summed E-state index contributed by atoms with van der Waals surface area (Å²) in [7, 11) is 2.50. The van der Waals surface area contributed by atoms with Crippen molar-refractivity contribution in [2.75, 3.05) is 40.6 Å². The molecule has 294 valence electrons. The molecule has 51 heavy (non-hydrogen) atoms. The first-order valence-electron chi connectivity index (χ1n) is 16.8. The van der Waals surface area contributed by atoms with Gasteiger partial charge in [0.25, 0.3) is 0 Å². The average molecular weight is 798 g/mol. The van der Waals surface area contributed by atoms with E-state index in [2.05, 4.69) is 15.9 Å². The minimum atomic E-state index is -1.20. The number of ether oxygens (including phenoxy) is 6. The summed E-state index contributed by atoms with van der Waals surface area (Å²) in [5, 5.41) is 17.0. The number of rotatable bonds is 24. The standard InChI is InChI=1S/C23H39BrO9.C12H18O6/c1-16(33-17(26)11-9-8-10-12-25)13-32-18(27)21(2,3)14-22(4,19(28)30-6)15-23(5,24)20(29)31-7;1-2-17-11(15)6-4-3-5-9-18-12(16)8-7-10(13)14/h16,25H,8-15H2,1-7H3;7-8H,2-6,9H2,1H3,(H,13,14)/b;8-7+. The number of aliphatic hydroxyl groups excluding tert-OH is 1. The number of hydrogen-bond acceptors (Lipinski definition) is 14. The van der Waals surface area contributed by atoms with E-state index in [0.717, 1.165) is 25.0 Å². The van der Waals surface area contributed by atoms with Crippen molar-refractivity contribution in [3.63, 3.8) is 0 Å². The van der Waals surface area contributed by atoms with E-state index in [-0.39, 0.29) is 45.1 Å². The van der Waals surface area contributed by atoms with E-state index in [0.29, 0.717) is 38.7 Å². The minimum Gasteiger partial charge on any atom is -0.478 e. The third-order valence-corrected chi connectivity index (χ3v) is 7.76. The number of halogens is 1. The molecule has 0 saturated carbocycles.